The number of rotatable bonds is 3. The zero-order valence-electron chi connectivity index (χ0n) is 16.1. The number of carbonyl (C=O) groups is 3. The first-order chi connectivity index (χ1) is 13.5. The van der Waals surface area contributed by atoms with E-state index in [1.807, 2.05) is 19.1 Å². The van der Waals surface area contributed by atoms with Gasteiger partial charge in [0.1, 0.15) is 5.75 Å². The van der Waals surface area contributed by atoms with Gasteiger partial charge in [0.05, 0.1) is 23.1 Å². The maximum atomic E-state index is 13.0. The number of hydrogen-bond acceptors (Lipinski definition) is 4. The maximum Gasteiger partial charge on any atom is 0.345 e. The zero-order chi connectivity index (χ0) is 19.8. The van der Waals surface area contributed by atoms with Crippen LogP contribution in [0.25, 0.3) is 0 Å². The molecule has 0 radical (unpaired) electrons. The molecule has 2 aromatic carbocycles. The van der Waals surface area contributed by atoms with Crippen LogP contribution in [-0.4, -0.2) is 17.8 Å². The van der Waals surface area contributed by atoms with Gasteiger partial charge in [-0.1, -0.05) is 36.8 Å². The van der Waals surface area contributed by atoms with Crippen molar-refractivity contribution in [3.8, 4) is 5.75 Å². The number of benzene rings is 2. The minimum Gasteiger partial charge on any atom is -0.423 e. The van der Waals surface area contributed by atoms with Crippen molar-refractivity contribution < 1.29 is 19.1 Å². The summed E-state index contributed by atoms with van der Waals surface area (Å²) in [6.07, 6.45) is 2.40. The van der Waals surface area contributed by atoms with Gasteiger partial charge < -0.3 is 4.74 Å². The third-order valence-corrected chi connectivity index (χ3v) is 5.78. The lowest BCUT2D eigenvalue weighted by Gasteiger charge is -2.25. The van der Waals surface area contributed by atoms with E-state index in [0.29, 0.717) is 17.4 Å². The lowest BCUT2D eigenvalue weighted by atomic mass is 9.76. The minimum absolute atomic E-state index is 0.197. The number of nitrogens with zero attached hydrogens (tertiary/aromatic N) is 1. The van der Waals surface area contributed by atoms with E-state index in [1.54, 1.807) is 36.4 Å². The molecule has 0 spiro atoms. The molecular weight excluding hydrogens is 354 g/mol. The molecule has 5 nitrogen and oxygen atoms in total. The molecule has 5 heteroatoms. The van der Waals surface area contributed by atoms with Crippen molar-refractivity contribution in [3.05, 3.63) is 59.7 Å². The number of ether oxygens (including phenoxy) is 1. The van der Waals surface area contributed by atoms with E-state index in [9.17, 15) is 14.4 Å². The van der Waals surface area contributed by atoms with E-state index in [4.69, 9.17) is 4.74 Å². The molecule has 1 heterocycles. The van der Waals surface area contributed by atoms with E-state index in [2.05, 4.69) is 6.92 Å². The average molecular weight is 377 g/mol. The highest BCUT2D eigenvalue weighted by Crippen LogP contribution is 2.42. The van der Waals surface area contributed by atoms with Crippen LogP contribution in [0.1, 0.15) is 42.1 Å². The molecule has 1 saturated carbocycles. The van der Waals surface area contributed by atoms with Gasteiger partial charge in [0, 0.05) is 0 Å². The molecule has 2 aromatic rings. The number of carbonyl (C=O) groups excluding carboxylic acids is 3. The SMILES string of the molecule is Cc1ccc(OC(=O)c2ccccc2N2C(=O)C3CCC(C)CC3C2=O)cc1. The van der Waals surface area contributed by atoms with Crippen molar-refractivity contribution in [1.29, 1.82) is 0 Å². The molecule has 2 amide bonds. The molecular formula is C23H23NO4. The lowest BCUT2D eigenvalue weighted by molar-refractivity contribution is -0.122. The van der Waals surface area contributed by atoms with Crippen molar-refractivity contribution in [2.45, 2.75) is 33.1 Å². The summed E-state index contributed by atoms with van der Waals surface area (Å²) in [6.45, 7) is 4.06. The van der Waals surface area contributed by atoms with Gasteiger partial charge in [-0.2, -0.15) is 0 Å². The molecule has 3 atom stereocenters. The van der Waals surface area contributed by atoms with Gasteiger partial charge in [0.15, 0.2) is 0 Å². The van der Waals surface area contributed by atoms with E-state index in [1.165, 1.54) is 4.90 Å². The largest absolute Gasteiger partial charge is 0.423 e. The van der Waals surface area contributed by atoms with Crippen molar-refractivity contribution in [2.75, 3.05) is 4.90 Å². The Morgan fingerprint density at radius 2 is 1.64 bits per heavy atom. The normalized spacial score (nSPS) is 24.2. The maximum absolute atomic E-state index is 13.0. The predicted octanol–water partition coefficient (Wildman–Crippen LogP) is 4.14. The first-order valence-electron chi connectivity index (χ1n) is 9.71. The highest BCUT2D eigenvalue weighted by atomic mass is 16.5. The molecule has 3 unspecified atom stereocenters. The summed E-state index contributed by atoms with van der Waals surface area (Å²) >= 11 is 0. The van der Waals surface area contributed by atoms with Gasteiger partial charge in [-0.05, 0) is 56.4 Å². The van der Waals surface area contributed by atoms with Gasteiger partial charge in [-0.15, -0.1) is 0 Å². The molecule has 1 aliphatic carbocycles. The molecule has 0 bridgehead atoms. The number of imide groups is 1. The Balaban J connectivity index is 1.64. The summed E-state index contributed by atoms with van der Waals surface area (Å²) in [5, 5.41) is 0. The third-order valence-electron chi connectivity index (χ3n) is 5.78. The van der Waals surface area contributed by atoms with Crippen LogP contribution in [0.4, 0.5) is 5.69 Å². The molecule has 2 aliphatic rings. The van der Waals surface area contributed by atoms with E-state index in [-0.39, 0.29) is 29.2 Å². The molecule has 4 rings (SSSR count). The number of fused-ring (bicyclic) bond motifs is 1. The van der Waals surface area contributed by atoms with Crippen molar-refractivity contribution in [2.24, 2.45) is 17.8 Å². The van der Waals surface area contributed by atoms with Gasteiger partial charge in [0.2, 0.25) is 11.8 Å². The fourth-order valence-corrected chi connectivity index (χ4v) is 4.24. The Morgan fingerprint density at radius 1 is 0.964 bits per heavy atom. The van der Waals surface area contributed by atoms with Crippen LogP contribution >= 0.6 is 0 Å². The minimum atomic E-state index is -0.580. The molecule has 1 aliphatic heterocycles. The highest BCUT2D eigenvalue weighted by Gasteiger charge is 2.50. The van der Waals surface area contributed by atoms with Gasteiger partial charge in [-0.3, -0.25) is 9.59 Å². The third kappa shape index (κ3) is 3.21. The van der Waals surface area contributed by atoms with Crippen molar-refractivity contribution >= 4 is 23.5 Å². The van der Waals surface area contributed by atoms with Crippen LogP contribution in [0, 0.1) is 24.7 Å². The summed E-state index contributed by atoms with van der Waals surface area (Å²) in [4.78, 5) is 40.0. The number of amides is 2. The summed E-state index contributed by atoms with van der Waals surface area (Å²) in [6, 6.07) is 13.8. The Morgan fingerprint density at radius 3 is 2.39 bits per heavy atom. The van der Waals surface area contributed by atoms with E-state index >= 15 is 0 Å². The molecule has 0 aromatic heterocycles. The standard InChI is InChI=1S/C23H23NO4/c1-14-7-10-16(11-8-14)28-23(27)18-5-3-4-6-20(18)24-21(25)17-12-9-15(2)13-19(17)22(24)26/h3-8,10-11,15,17,19H,9,12-13H2,1-2H3. The number of esters is 1. The second-order valence-corrected chi connectivity index (χ2v) is 7.86. The van der Waals surface area contributed by atoms with Crippen LogP contribution in [-0.2, 0) is 9.59 Å². The Bertz CT molecular complexity index is 934. The molecule has 1 saturated heterocycles. The monoisotopic (exact) mass is 377 g/mol. The summed E-state index contributed by atoms with van der Waals surface area (Å²) in [7, 11) is 0. The Labute approximate surface area is 164 Å². The molecule has 28 heavy (non-hydrogen) atoms. The second kappa shape index (κ2) is 7.23. The zero-order valence-corrected chi connectivity index (χ0v) is 16.1. The number of hydrogen-bond donors (Lipinski definition) is 0. The fraction of sp³-hybridized carbons (Fsp3) is 0.348. The summed E-state index contributed by atoms with van der Waals surface area (Å²) in [5.74, 6) is -0.674. The molecule has 2 fully saturated rings. The van der Waals surface area contributed by atoms with Gasteiger partial charge >= 0.3 is 5.97 Å². The number of aryl methyl sites for hydroxylation is 1. The van der Waals surface area contributed by atoms with Gasteiger partial charge in [0.25, 0.3) is 0 Å². The average Bonchev–Trinajstić information content (AvgIpc) is 2.93. The first kappa shape index (κ1) is 18.4. The molecule has 0 N–H and O–H groups in total. The van der Waals surface area contributed by atoms with E-state index < -0.39 is 5.97 Å². The van der Waals surface area contributed by atoms with Gasteiger partial charge in [-0.25, -0.2) is 9.69 Å². The summed E-state index contributed by atoms with van der Waals surface area (Å²) in [5.41, 5.74) is 1.60. The number of anilines is 1. The van der Waals surface area contributed by atoms with Crippen LogP contribution in [0.3, 0.4) is 0 Å². The Kier molecular flexibility index (Phi) is 4.75. The number of para-hydroxylation sites is 1. The van der Waals surface area contributed by atoms with E-state index in [0.717, 1.165) is 24.8 Å². The van der Waals surface area contributed by atoms with Crippen LogP contribution in [0.15, 0.2) is 48.5 Å². The second-order valence-electron chi connectivity index (χ2n) is 7.86. The van der Waals surface area contributed by atoms with Crippen LogP contribution < -0.4 is 9.64 Å². The highest BCUT2D eigenvalue weighted by molar-refractivity contribution is 6.24. The summed E-state index contributed by atoms with van der Waals surface area (Å²) < 4.78 is 5.47. The molecule has 144 valence electrons. The lowest BCUT2D eigenvalue weighted by Crippen LogP contribution is -2.32. The van der Waals surface area contributed by atoms with Crippen LogP contribution in [0.2, 0.25) is 0 Å². The quantitative estimate of drug-likeness (QED) is 0.458. The predicted molar refractivity (Wildman–Crippen MR) is 105 cm³/mol. The van der Waals surface area contributed by atoms with Crippen molar-refractivity contribution in [1.82, 2.24) is 0 Å². The van der Waals surface area contributed by atoms with Crippen LogP contribution in [0.5, 0.6) is 5.75 Å². The topological polar surface area (TPSA) is 63.7 Å². The Hall–Kier alpha value is -2.95. The first-order valence-corrected chi connectivity index (χ1v) is 9.71. The fourth-order valence-electron chi connectivity index (χ4n) is 4.24. The smallest absolute Gasteiger partial charge is 0.345 e. The van der Waals surface area contributed by atoms with Crippen molar-refractivity contribution in [3.63, 3.8) is 0 Å².